The lowest BCUT2D eigenvalue weighted by molar-refractivity contribution is 0.614. The first-order valence-electron chi connectivity index (χ1n) is 4.55. The Morgan fingerprint density at radius 1 is 1.50 bits per heavy atom. The van der Waals surface area contributed by atoms with E-state index in [1.807, 2.05) is 29.8 Å². The molecule has 0 radical (unpaired) electrons. The summed E-state index contributed by atoms with van der Waals surface area (Å²) in [6, 6.07) is 5.75. The molecular weight excluding hydrogens is 198 g/mol. The zero-order chi connectivity index (χ0) is 10.1. The standard InChI is InChI=1S/C10H12ClN3/c1-7-9-3-2-8(11)6-10(9)13-14(7)5-4-12/h2-3,6H,4-5,12H2,1H3. The summed E-state index contributed by atoms with van der Waals surface area (Å²) in [5.74, 6) is 0. The number of benzene rings is 1. The predicted molar refractivity (Wildman–Crippen MR) is 58.5 cm³/mol. The first-order chi connectivity index (χ1) is 6.72. The summed E-state index contributed by atoms with van der Waals surface area (Å²) >= 11 is 5.88. The first-order valence-corrected chi connectivity index (χ1v) is 4.93. The van der Waals surface area contributed by atoms with Crippen molar-refractivity contribution in [2.75, 3.05) is 6.54 Å². The minimum absolute atomic E-state index is 0.600. The Hall–Kier alpha value is -1.06. The number of hydrogen-bond acceptors (Lipinski definition) is 2. The topological polar surface area (TPSA) is 43.8 Å². The minimum atomic E-state index is 0.600. The zero-order valence-corrected chi connectivity index (χ0v) is 8.75. The van der Waals surface area contributed by atoms with Gasteiger partial charge >= 0.3 is 0 Å². The van der Waals surface area contributed by atoms with Crippen molar-refractivity contribution in [1.29, 1.82) is 0 Å². The van der Waals surface area contributed by atoms with Crippen molar-refractivity contribution in [3.05, 3.63) is 28.9 Å². The van der Waals surface area contributed by atoms with E-state index in [-0.39, 0.29) is 0 Å². The number of fused-ring (bicyclic) bond motifs is 1. The van der Waals surface area contributed by atoms with Gasteiger partial charge in [-0.05, 0) is 25.1 Å². The van der Waals surface area contributed by atoms with Crippen molar-refractivity contribution in [1.82, 2.24) is 9.78 Å². The molecule has 0 aliphatic carbocycles. The Labute approximate surface area is 87.5 Å². The highest BCUT2D eigenvalue weighted by Crippen LogP contribution is 2.21. The Balaban J connectivity index is 2.61. The van der Waals surface area contributed by atoms with Crippen LogP contribution >= 0.6 is 11.6 Å². The van der Waals surface area contributed by atoms with Crippen LogP contribution < -0.4 is 5.73 Å². The van der Waals surface area contributed by atoms with Crippen molar-refractivity contribution in [3.8, 4) is 0 Å². The van der Waals surface area contributed by atoms with E-state index in [2.05, 4.69) is 5.10 Å². The third kappa shape index (κ3) is 1.49. The molecule has 0 fully saturated rings. The van der Waals surface area contributed by atoms with Crippen LogP contribution in [0.2, 0.25) is 5.02 Å². The summed E-state index contributed by atoms with van der Waals surface area (Å²) in [5, 5.41) is 6.27. The van der Waals surface area contributed by atoms with E-state index in [1.165, 1.54) is 0 Å². The lowest BCUT2D eigenvalue weighted by Gasteiger charge is -1.99. The van der Waals surface area contributed by atoms with Crippen LogP contribution in [0.1, 0.15) is 5.69 Å². The minimum Gasteiger partial charge on any atom is -0.329 e. The van der Waals surface area contributed by atoms with Gasteiger partial charge in [-0.2, -0.15) is 5.10 Å². The van der Waals surface area contributed by atoms with Crippen LogP contribution in [0.25, 0.3) is 10.9 Å². The second-order valence-corrected chi connectivity index (χ2v) is 3.70. The Kier molecular flexibility index (Phi) is 2.44. The fourth-order valence-electron chi connectivity index (χ4n) is 1.58. The average Bonchev–Trinajstić information content (AvgIpc) is 2.44. The molecule has 2 N–H and O–H groups in total. The highest BCUT2D eigenvalue weighted by atomic mass is 35.5. The number of rotatable bonds is 2. The van der Waals surface area contributed by atoms with Crippen LogP contribution in [0.5, 0.6) is 0 Å². The molecule has 0 aliphatic rings. The highest BCUT2D eigenvalue weighted by molar-refractivity contribution is 6.31. The molecule has 3 nitrogen and oxygen atoms in total. The zero-order valence-electron chi connectivity index (χ0n) is 8.00. The van der Waals surface area contributed by atoms with Crippen molar-refractivity contribution in [2.45, 2.75) is 13.5 Å². The van der Waals surface area contributed by atoms with E-state index in [0.29, 0.717) is 6.54 Å². The quantitative estimate of drug-likeness (QED) is 0.822. The van der Waals surface area contributed by atoms with Crippen molar-refractivity contribution >= 4 is 22.5 Å². The summed E-state index contributed by atoms with van der Waals surface area (Å²) in [5.41, 5.74) is 7.57. The second kappa shape index (κ2) is 3.59. The third-order valence-corrected chi connectivity index (χ3v) is 2.54. The van der Waals surface area contributed by atoms with Crippen LogP contribution in [0.4, 0.5) is 0 Å². The van der Waals surface area contributed by atoms with Crippen LogP contribution in [-0.2, 0) is 6.54 Å². The molecular formula is C10H12ClN3. The van der Waals surface area contributed by atoms with E-state index < -0.39 is 0 Å². The number of aryl methyl sites for hydroxylation is 1. The van der Waals surface area contributed by atoms with Gasteiger partial charge in [0.05, 0.1) is 12.1 Å². The summed E-state index contributed by atoms with van der Waals surface area (Å²) in [7, 11) is 0. The number of halogens is 1. The largest absolute Gasteiger partial charge is 0.329 e. The van der Waals surface area contributed by atoms with Gasteiger partial charge in [-0.15, -0.1) is 0 Å². The van der Waals surface area contributed by atoms with Gasteiger partial charge in [-0.1, -0.05) is 11.6 Å². The monoisotopic (exact) mass is 209 g/mol. The van der Waals surface area contributed by atoms with Gasteiger partial charge < -0.3 is 5.73 Å². The third-order valence-electron chi connectivity index (χ3n) is 2.31. The Morgan fingerprint density at radius 2 is 2.29 bits per heavy atom. The Morgan fingerprint density at radius 3 is 3.00 bits per heavy atom. The van der Waals surface area contributed by atoms with E-state index >= 15 is 0 Å². The lowest BCUT2D eigenvalue weighted by Crippen LogP contribution is -2.11. The van der Waals surface area contributed by atoms with Gasteiger partial charge in [0.2, 0.25) is 0 Å². The van der Waals surface area contributed by atoms with Gasteiger partial charge in [0.15, 0.2) is 0 Å². The lowest BCUT2D eigenvalue weighted by atomic mass is 10.2. The fourth-order valence-corrected chi connectivity index (χ4v) is 1.74. The molecule has 74 valence electrons. The molecule has 1 aromatic carbocycles. The molecule has 1 aromatic heterocycles. The van der Waals surface area contributed by atoms with Crippen molar-refractivity contribution in [3.63, 3.8) is 0 Å². The molecule has 14 heavy (non-hydrogen) atoms. The smallest absolute Gasteiger partial charge is 0.0940 e. The van der Waals surface area contributed by atoms with Crippen molar-refractivity contribution in [2.24, 2.45) is 5.73 Å². The highest BCUT2D eigenvalue weighted by Gasteiger charge is 2.06. The Bertz CT molecular complexity index is 462. The van der Waals surface area contributed by atoms with E-state index in [9.17, 15) is 0 Å². The van der Waals surface area contributed by atoms with Gasteiger partial charge in [-0.3, -0.25) is 4.68 Å². The van der Waals surface area contributed by atoms with Gasteiger partial charge in [-0.25, -0.2) is 0 Å². The predicted octanol–water partition coefficient (Wildman–Crippen LogP) is 1.96. The number of nitrogens with two attached hydrogens (primary N) is 1. The SMILES string of the molecule is Cc1c2ccc(Cl)cc2nn1CCN. The normalized spacial score (nSPS) is 11.1. The molecule has 0 saturated carbocycles. The summed E-state index contributed by atoms with van der Waals surface area (Å²) < 4.78 is 1.92. The maximum atomic E-state index is 5.88. The number of nitrogens with zero attached hydrogens (tertiary/aromatic N) is 2. The van der Waals surface area contributed by atoms with Gasteiger partial charge in [0.1, 0.15) is 0 Å². The maximum Gasteiger partial charge on any atom is 0.0940 e. The fraction of sp³-hybridized carbons (Fsp3) is 0.300. The molecule has 0 spiro atoms. The molecule has 0 saturated heterocycles. The average molecular weight is 210 g/mol. The van der Waals surface area contributed by atoms with Crippen LogP contribution in [0.3, 0.4) is 0 Å². The maximum absolute atomic E-state index is 5.88. The molecule has 0 amide bonds. The van der Waals surface area contributed by atoms with Gasteiger partial charge in [0, 0.05) is 22.6 Å². The second-order valence-electron chi connectivity index (χ2n) is 3.26. The van der Waals surface area contributed by atoms with Crippen LogP contribution in [0.15, 0.2) is 18.2 Å². The van der Waals surface area contributed by atoms with Crippen LogP contribution in [0, 0.1) is 6.92 Å². The molecule has 4 heteroatoms. The molecule has 0 bridgehead atoms. The summed E-state index contributed by atoms with van der Waals surface area (Å²) in [4.78, 5) is 0. The van der Waals surface area contributed by atoms with Gasteiger partial charge in [0.25, 0.3) is 0 Å². The number of hydrogen-bond donors (Lipinski definition) is 1. The molecule has 2 aromatic rings. The molecule has 0 atom stereocenters. The van der Waals surface area contributed by atoms with E-state index in [4.69, 9.17) is 17.3 Å². The first kappa shape index (κ1) is 9.49. The summed E-state index contributed by atoms with van der Waals surface area (Å²) in [6.45, 7) is 3.39. The van der Waals surface area contributed by atoms with E-state index in [1.54, 1.807) is 0 Å². The molecule has 0 aliphatic heterocycles. The summed E-state index contributed by atoms with van der Waals surface area (Å²) in [6.07, 6.45) is 0. The number of aromatic nitrogens is 2. The molecule has 1 heterocycles. The van der Waals surface area contributed by atoms with Crippen LogP contribution in [-0.4, -0.2) is 16.3 Å². The molecule has 2 rings (SSSR count). The molecule has 0 unspecified atom stereocenters. The van der Waals surface area contributed by atoms with Crippen molar-refractivity contribution < 1.29 is 0 Å². The van der Waals surface area contributed by atoms with E-state index in [0.717, 1.165) is 28.2 Å².